The number of benzene rings is 2. The van der Waals surface area contributed by atoms with E-state index in [1.165, 1.54) is 0 Å². The molecule has 7 heteroatoms. The van der Waals surface area contributed by atoms with Gasteiger partial charge in [0.2, 0.25) is 15.9 Å². The van der Waals surface area contributed by atoms with Crippen molar-refractivity contribution < 1.29 is 13.2 Å². The normalized spacial score (nSPS) is 17.0. The Morgan fingerprint density at radius 1 is 1.04 bits per heavy atom. The largest absolute Gasteiger partial charge is 0.339 e. The summed E-state index contributed by atoms with van der Waals surface area (Å²) < 4.78 is 28.9. The maximum absolute atomic E-state index is 13.1. The highest BCUT2D eigenvalue weighted by Crippen LogP contribution is 2.23. The third-order valence-electron chi connectivity index (χ3n) is 5.34. The van der Waals surface area contributed by atoms with Crippen LogP contribution in [0.3, 0.4) is 0 Å². The third kappa shape index (κ3) is 4.54. The van der Waals surface area contributed by atoms with Crippen molar-refractivity contribution >= 4 is 26.7 Å². The minimum atomic E-state index is -3.82. The second kappa shape index (κ2) is 9.03. The quantitative estimate of drug-likeness (QED) is 0.771. The lowest BCUT2D eigenvalue weighted by Crippen LogP contribution is -2.54. The molecule has 1 unspecified atom stereocenters. The molecule has 1 heterocycles. The molecule has 152 valence electrons. The van der Waals surface area contributed by atoms with E-state index in [0.717, 1.165) is 31.4 Å². The third-order valence-corrected chi connectivity index (χ3v) is 6.87. The first-order valence-electron chi connectivity index (χ1n) is 9.97. The van der Waals surface area contributed by atoms with E-state index in [1.807, 2.05) is 31.2 Å². The summed E-state index contributed by atoms with van der Waals surface area (Å²) in [5, 5.41) is 1.52. The van der Waals surface area contributed by atoms with Crippen LogP contribution >= 0.6 is 0 Å². The van der Waals surface area contributed by atoms with E-state index in [0.29, 0.717) is 24.9 Å². The van der Waals surface area contributed by atoms with E-state index in [9.17, 15) is 13.2 Å². The topological polar surface area (TPSA) is 69.7 Å². The Hall–Kier alpha value is -1.96. The van der Waals surface area contributed by atoms with E-state index < -0.39 is 16.1 Å². The SMILES string of the molecule is CCCC(NS(=O)(=O)c1cccc2ccccc12)C(=O)N1CCN(CC)CC1. The van der Waals surface area contributed by atoms with Crippen LogP contribution in [-0.4, -0.2) is 62.9 Å². The molecule has 0 spiro atoms. The van der Waals surface area contributed by atoms with Crippen LogP contribution < -0.4 is 4.72 Å². The number of hydrogen-bond acceptors (Lipinski definition) is 4. The Bertz CT molecular complexity index is 916. The Balaban J connectivity index is 1.82. The molecule has 2 aromatic rings. The van der Waals surface area contributed by atoms with Crippen molar-refractivity contribution in [3.05, 3.63) is 42.5 Å². The fourth-order valence-corrected chi connectivity index (χ4v) is 5.16. The lowest BCUT2D eigenvalue weighted by atomic mass is 10.1. The standard InChI is InChI=1S/C21H29N3O3S/c1-3-8-19(21(25)24-15-13-23(4-2)14-16-24)22-28(26,27)20-12-7-10-17-9-5-6-11-18(17)20/h5-7,9-12,19,22H,3-4,8,13-16H2,1-2H3. The van der Waals surface area contributed by atoms with Crippen molar-refractivity contribution in [3.63, 3.8) is 0 Å². The summed E-state index contributed by atoms with van der Waals surface area (Å²) in [4.78, 5) is 17.3. The van der Waals surface area contributed by atoms with Crippen LogP contribution in [0.2, 0.25) is 0 Å². The molecular weight excluding hydrogens is 374 g/mol. The molecule has 0 saturated carbocycles. The molecule has 1 aliphatic rings. The first-order valence-corrected chi connectivity index (χ1v) is 11.5. The van der Waals surface area contributed by atoms with Crippen molar-refractivity contribution in [1.29, 1.82) is 0 Å². The molecule has 1 saturated heterocycles. The van der Waals surface area contributed by atoms with Crippen molar-refractivity contribution in [2.24, 2.45) is 0 Å². The maximum atomic E-state index is 13.1. The van der Waals surface area contributed by atoms with Crippen LogP contribution in [0.15, 0.2) is 47.4 Å². The van der Waals surface area contributed by atoms with Gasteiger partial charge in [-0.05, 0) is 24.4 Å². The Kier molecular flexibility index (Phi) is 6.69. The molecule has 1 amide bonds. The van der Waals surface area contributed by atoms with Gasteiger partial charge in [-0.15, -0.1) is 0 Å². The molecule has 28 heavy (non-hydrogen) atoms. The summed E-state index contributed by atoms with van der Waals surface area (Å²) in [5.74, 6) is -0.124. The average Bonchev–Trinajstić information content (AvgIpc) is 2.72. The highest BCUT2D eigenvalue weighted by molar-refractivity contribution is 7.89. The van der Waals surface area contributed by atoms with E-state index in [4.69, 9.17) is 0 Å². The van der Waals surface area contributed by atoms with Crippen molar-refractivity contribution in [3.8, 4) is 0 Å². The Morgan fingerprint density at radius 3 is 2.39 bits per heavy atom. The number of nitrogens with one attached hydrogen (secondary N) is 1. The van der Waals surface area contributed by atoms with Crippen LogP contribution in [0.5, 0.6) is 0 Å². The summed E-state index contributed by atoms with van der Waals surface area (Å²) in [6, 6.07) is 11.9. The summed E-state index contributed by atoms with van der Waals surface area (Å²) in [6.45, 7) is 7.98. The van der Waals surface area contributed by atoms with Crippen molar-refractivity contribution in [1.82, 2.24) is 14.5 Å². The zero-order chi connectivity index (χ0) is 20.1. The van der Waals surface area contributed by atoms with Crippen LogP contribution in [0.25, 0.3) is 10.8 Å². The number of rotatable bonds is 7. The van der Waals surface area contributed by atoms with Crippen LogP contribution in [0, 0.1) is 0 Å². The van der Waals surface area contributed by atoms with Gasteiger partial charge in [0.15, 0.2) is 0 Å². The van der Waals surface area contributed by atoms with Gasteiger partial charge in [-0.25, -0.2) is 8.42 Å². The first kappa shape index (κ1) is 20.8. The molecule has 0 radical (unpaired) electrons. The number of hydrogen-bond donors (Lipinski definition) is 1. The molecule has 1 aliphatic heterocycles. The average molecular weight is 404 g/mol. The second-order valence-electron chi connectivity index (χ2n) is 7.20. The number of sulfonamides is 1. The van der Waals surface area contributed by atoms with Crippen LogP contribution in [-0.2, 0) is 14.8 Å². The number of amides is 1. The van der Waals surface area contributed by atoms with Gasteiger partial charge >= 0.3 is 0 Å². The van der Waals surface area contributed by atoms with Crippen LogP contribution in [0.4, 0.5) is 0 Å². The van der Waals surface area contributed by atoms with Gasteiger partial charge in [0.1, 0.15) is 6.04 Å². The Labute approximate surface area is 167 Å². The van der Waals surface area contributed by atoms with E-state index in [-0.39, 0.29) is 10.8 Å². The number of carbonyl (C=O) groups is 1. The summed E-state index contributed by atoms with van der Waals surface area (Å²) >= 11 is 0. The highest BCUT2D eigenvalue weighted by atomic mass is 32.2. The first-order chi connectivity index (χ1) is 13.5. The summed E-state index contributed by atoms with van der Waals surface area (Å²) in [6.07, 6.45) is 1.21. The lowest BCUT2D eigenvalue weighted by molar-refractivity contribution is -0.134. The van der Waals surface area contributed by atoms with Crippen molar-refractivity contribution in [2.45, 2.75) is 37.6 Å². The van der Waals surface area contributed by atoms with Crippen LogP contribution in [0.1, 0.15) is 26.7 Å². The van der Waals surface area contributed by atoms with Gasteiger partial charge in [0.05, 0.1) is 4.90 Å². The predicted molar refractivity (Wildman–Crippen MR) is 112 cm³/mol. The molecule has 1 N–H and O–H groups in total. The molecule has 0 aliphatic carbocycles. The molecule has 0 bridgehead atoms. The summed E-state index contributed by atoms with van der Waals surface area (Å²) in [5.41, 5.74) is 0. The van der Waals surface area contributed by atoms with Crippen molar-refractivity contribution in [2.75, 3.05) is 32.7 Å². The molecule has 1 fully saturated rings. The van der Waals surface area contributed by atoms with E-state index >= 15 is 0 Å². The molecule has 2 aromatic carbocycles. The lowest BCUT2D eigenvalue weighted by Gasteiger charge is -2.36. The molecule has 1 atom stereocenters. The molecule has 6 nitrogen and oxygen atoms in total. The number of carbonyl (C=O) groups excluding carboxylic acids is 1. The zero-order valence-electron chi connectivity index (χ0n) is 16.6. The fourth-order valence-electron chi connectivity index (χ4n) is 3.71. The predicted octanol–water partition coefficient (Wildman–Crippen LogP) is 2.45. The van der Waals surface area contributed by atoms with Gasteiger partial charge in [-0.3, -0.25) is 4.79 Å². The van der Waals surface area contributed by atoms with Gasteiger partial charge in [-0.1, -0.05) is 56.7 Å². The Morgan fingerprint density at radius 2 is 1.71 bits per heavy atom. The highest BCUT2D eigenvalue weighted by Gasteiger charge is 2.30. The minimum Gasteiger partial charge on any atom is -0.339 e. The smallest absolute Gasteiger partial charge is 0.241 e. The molecular formula is C21H29N3O3S. The van der Waals surface area contributed by atoms with Gasteiger partial charge in [0.25, 0.3) is 0 Å². The zero-order valence-corrected chi connectivity index (χ0v) is 17.4. The maximum Gasteiger partial charge on any atom is 0.241 e. The monoisotopic (exact) mass is 403 g/mol. The number of nitrogens with zero attached hydrogens (tertiary/aromatic N) is 2. The number of fused-ring (bicyclic) bond motifs is 1. The van der Waals surface area contributed by atoms with Gasteiger partial charge in [0, 0.05) is 31.6 Å². The number of piperazine rings is 1. The minimum absolute atomic E-state index is 0.124. The number of likely N-dealkylation sites (N-methyl/N-ethyl adjacent to an activating group) is 1. The molecule has 3 rings (SSSR count). The second-order valence-corrected chi connectivity index (χ2v) is 8.88. The summed E-state index contributed by atoms with van der Waals surface area (Å²) in [7, 11) is -3.82. The molecule has 0 aromatic heterocycles. The van der Waals surface area contributed by atoms with E-state index in [2.05, 4.69) is 16.5 Å². The van der Waals surface area contributed by atoms with Gasteiger partial charge in [-0.2, -0.15) is 4.72 Å². The van der Waals surface area contributed by atoms with E-state index in [1.54, 1.807) is 23.1 Å². The van der Waals surface area contributed by atoms with Gasteiger partial charge < -0.3 is 9.80 Å². The fraction of sp³-hybridized carbons (Fsp3) is 0.476.